The molecule has 3 aromatic rings. The number of carbonyl (C=O) groups is 1. The standard InChI is InChI=1S/C23H23FN4O.2ClH/c24-22-18(16-6-2-1-3-7-16)9-4-10-19(22)23(29)27-20-14-26-12-11-21(20)28-13-5-8-17(25)15-28;;/h1-4,6-7,9-12,14,17H,5,8,13,15,25H2,(H,27,29);2*1H/t17-;;/m0../s1. The smallest absolute Gasteiger partial charge is 0.258 e. The summed E-state index contributed by atoms with van der Waals surface area (Å²) >= 11 is 0. The van der Waals surface area contributed by atoms with Gasteiger partial charge in [0.15, 0.2) is 0 Å². The number of amides is 1. The van der Waals surface area contributed by atoms with Crippen molar-refractivity contribution in [3.8, 4) is 11.1 Å². The number of nitrogens with two attached hydrogens (primary N) is 1. The maximum atomic E-state index is 15.1. The summed E-state index contributed by atoms with van der Waals surface area (Å²) in [4.78, 5) is 19.2. The molecule has 2 aromatic carbocycles. The minimum absolute atomic E-state index is 0. The van der Waals surface area contributed by atoms with Crippen molar-refractivity contribution in [3.05, 3.63) is 78.4 Å². The van der Waals surface area contributed by atoms with Crippen molar-refractivity contribution in [2.24, 2.45) is 5.73 Å². The van der Waals surface area contributed by atoms with Crippen molar-refractivity contribution in [3.63, 3.8) is 0 Å². The fraction of sp³-hybridized carbons (Fsp3) is 0.217. The molecule has 1 aliphatic rings. The van der Waals surface area contributed by atoms with E-state index in [1.54, 1.807) is 24.5 Å². The quantitative estimate of drug-likeness (QED) is 0.577. The third kappa shape index (κ3) is 5.53. The third-order valence-corrected chi connectivity index (χ3v) is 5.17. The number of halogens is 3. The number of aromatic nitrogens is 1. The van der Waals surface area contributed by atoms with Gasteiger partial charge in [0, 0.05) is 30.9 Å². The first-order chi connectivity index (χ1) is 14.1. The zero-order valence-corrected chi connectivity index (χ0v) is 18.5. The van der Waals surface area contributed by atoms with Crippen LogP contribution < -0.4 is 16.0 Å². The van der Waals surface area contributed by atoms with Crippen LogP contribution in [0.3, 0.4) is 0 Å². The highest BCUT2D eigenvalue weighted by molar-refractivity contribution is 6.06. The number of hydrogen-bond donors (Lipinski definition) is 2. The van der Waals surface area contributed by atoms with Gasteiger partial charge in [0.1, 0.15) is 5.82 Å². The minimum atomic E-state index is -0.540. The van der Waals surface area contributed by atoms with Crippen molar-refractivity contribution in [2.45, 2.75) is 18.9 Å². The molecule has 0 unspecified atom stereocenters. The maximum Gasteiger partial charge on any atom is 0.258 e. The molecule has 0 saturated carbocycles. The van der Waals surface area contributed by atoms with Gasteiger partial charge < -0.3 is 16.0 Å². The average molecular weight is 463 g/mol. The Morgan fingerprint density at radius 3 is 2.61 bits per heavy atom. The molecule has 31 heavy (non-hydrogen) atoms. The van der Waals surface area contributed by atoms with E-state index < -0.39 is 11.7 Å². The molecule has 4 rings (SSSR count). The lowest BCUT2D eigenvalue weighted by Gasteiger charge is -2.33. The number of pyridine rings is 1. The van der Waals surface area contributed by atoms with E-state index >= 15 is 4.39 Å². The predicted molar refractivity (Wildman–Crippen MR) is 128 cm³/mol. The van der Waals surface area contributed by atoms with Gasteiger partial charge in [-0.3, -0.25) is 9.78 Å². The Balaban J connectivity index is 0.00000171. The highest BCUT2D eigenvalue weighted by atomic mass is 35.5. The van der Waals surface area contributed by atoms with Crippen LogP contribution >= 0.6 is 24.8 Å². The van der Waals surface area contributed by atoms with E-state index in [0.717, 1.165) is 30.6 Å². The second-order valence-electron chi connectivity index (χ2n) is 7.23. The van der Waals surface area contributed by atoms with E-state index in [-0.39, 0.29) is 36.4 Å². The molecular weight excluding hydrogens is 438 g/mol. The Bertz CT molecular complexity index is 1020. The molecule has 0 radical (unpaired) electrons. The van der Waals surface area contributed by atoms with Crippen LogP contribution in [0.4, 0.5) is 15.8 Å². The number of rotatable bonds is 4. The van der Waals surface area contributed by atoms with Crippen molar-refractivity contribution >= 4 is 42.1 Å². The predicted octanol–water partition coefficient (Wildman–Crippen LogP) is 4.91. The Morgan fingerprint density at radius 2 is 1.87 bits per heavy atom. The summed E-state index contributed by atoms with van der Waals surface area (Å²) in [6, 6.07) is 16.0. The largest absolute Gasteiger partial charge is 0.368 e. The van der Waals surface area contributed by atoms with Gasteiger partial charge in [0.25, 0.3) is 5.91 Å². The average Bonchev–Trinajstić information content (AvgIpc) is 2.75. The number of nitrogens with zero attached hydrogens (tertiary/aromatic N) is 2. The lowest BCUT2D eigenvalue weighted by Crippen LogP contribution is -2.43. The van der Waals surface area contributed by atoms with Gasteiger partial charge in [-0.2, -0.15) is 0 Å². The van der Waals surface area contributed by atoms with Gasteiger partial charge >= 0.3 is 0 Å². The number of carbonyl (C=O) groups excluding carboxylic acids is 1. The van der Waals surface area contributed by atoms with Crippen molar-refractivity contribution in [2.75, 3.05) is 23.3 Å². The lowest BCUT2D eigenvalue weighted by atomic mass is 10.0. The molecular formula is C23H25Cl2FN4O. The summed E-state index contributed by atoms with van der Waals surface area (Å²) in [5.74, 6) is -1.04. The van der Waals surface area contributed by atoms with Crippen molar-refractivity contribution in [1.29, 1.82) is 0 Å². The summed E-state index contributed by atoms with van der Waals surface area (Å²) in [6.07, 6.45) is 5.25. The van der Waals surface area contributed by atoms with Crippen LogP contribution in [0.15, 0.2) is 67.0 Å². The number of hydrogen-bond acceptors (Lipinski definition) is 4. The summed E-state index contributed by atoms with van der Waals surface area (Å²) in [6.45, 7) is 1.57. The molecule has 5 nitrogen and oxygen atoms in total. The summed E-state index contributed by atoms with van der Waals surface area (Å²) in [5.41, 5.74) is 8.62. The van der Waals surface area contributed by atoms with Crippen molar-refractivity contribution < 1.29 is 9.18 Å². The van der Waals surface area contributed by atoms with Crippen molar-refractivity contribution in [1.82, 2.24) is 4.98 Å². The molecule has 0 bridgehead atoms. The van der Waals surface area contributed by atoms with Crippen LogP contribution in [-0.2, 0) is 0 Å². The first-order valence-corrected chi connectivity index (χ1v) is 9.73. The van der Waals surface area contributed by atoms with Gasteiger partial charge in [-0.05, 0) is 30.5 Å². The highest BCUT2D eigenvalue weighted by Gasteiger charge is 2.21. The van der Waals surface area contributed by atoms with Gasteiger partial charge in [0.2, 0.25) is 0 Å². The topological polar surface area (TPSA) is 71.2 Å². The molecule has 1 aliphatic heterocycles. The van der Waals surface area contributed by atoms with E-state index in [2.05, 4.69) is 15.2 Å². The molecule has 1 saturated heterocycles. The Labute approximate surface area is 193 Å². The van der Waals surface area contributed by atoms with E-state index in [0.29, 0.717) is 17.8 Å². The molecule has 1 aromatic heterocycles. The Hall–Kier alpha value is -2.67. The summed E-state index contributed by atoms with van der Waals surface area (Å²) < 4.78 is 15.1. The molecule has 2 heterocycles. The second kappa shape index (κ2) is 11.1. The minimum Gasteiger partial charge on any atom is -0.368 e. The van der Waals surface area contributed by atoms with Gasteiger partial charge in [-0.1, -0.05) is 42.5 Å². The molecule has 8 heteroatoms. The molecule has 1 atom stereocenters. The molecule has 3 N–H and O–H groups in total. The normalized spacial score (nSPS) is 15.4. The zero-order chi connectivity index (χ0) is 20.2. The van der Waals surface area contributed by atoms with E-state index in [9.17, 15) is 4.79 Å². The SMILES string of the molecule is Cl.Cl.N[C@H]1CCCN(c2ccncc2NC(=O)c2cccc(-c3ccccc3)c2F)C1. The fourth-order valence-electron chi connectivity index (χ4n) is 3.73. The summed E-state index contributed by atoms with van der Waals surface area (Å²) in [7, 11) is 0. The van der Waals surface area contributed by atoms with Gasteiger partial charge in [-0.25, -0.2) is 4.39 Å². The summed E-state index contributed by atoms with van der Waals surface area (Å²) in [5, 5.41) is 2.83. The molecule has 1 fully saturated rings. The van der Waals surface area contributed by atoms with Crippen LogP contribution in [-0.4, -0.2) is 30.0 Å². The highest BCUT2D eigenvalue weighted by Crippen LogP contribution is 2.29. The number of nitrogens with one attached hydrogen (secondary N) is 1. The van der Waals surface area contributed by atoms with Gasteiger partial charge in [0.05, 0.1) is 23.1 Å². The molecule has 0 spiro atoms. The molecule has 0 aliphatic carbocycles. The fourth-order valence-corrected chi connectivity index (χ4v) is 3.73. The zero-order valence-electron chi connectivity index (χ0n) is 16.8. The van der Waals surface area contributed by atoms with E-state index in [4.69, 9.17) is 5.73 Å². The first kappa shape index (κ1) is 24.6. The number of piperidine rings is 1. The van der Waals surface area contributed by atoms with Gasteiger partial charge in [-0.15, -0.1) is 24.8 Å². The lowest BCUT2D eigenvalue weighted by molar-refractivity contribution is 0.102. The Morgan fingerprint density at radius 1 is 1.10 bits per heavy atom. The van der Waals surface area contributed by atoms with Crippen LogP contribution in [0, 0.1) is 5.82 Å². The van der Waals surface area contributed by atoms with Crippen LogP contribution in [0.25, 0.3) is 11.1 Å². The first-order valence-electron chi connectivity index (χ1n) is 9.73. The maximum absolute atomic E-state index is 15.1. The van der Waals surface area contributed by atoms with E-state index in [1.165, 1.54) is 6.07 Å². The monoisotopic (exact) mass is 462 g/mol. The second-order valence-corrected chi connectivity index (χ2v) is 7.23. The number of anilines is 2. The number of benzene rings is 2. The molecule has 1 amide bonds. The molecule has 164 valence electrons. The van der Waals surface area contributed by atoms with Crippen LogP contribution in [0.2, 0.25) is 0 Å². The van der Waals surface area contributed by atoms with Crippen LogP contribution in [0.1, 0.15) is 23.2 Å². The van der Waals surface area contributed by atoms with E-state index in [1.807, 2.05) is 36.4 Å². The third-order valence-electron chi connectivity index (χ3n) is 5.17. The Kier molecular flexibility index (Phi) is 8.80. The van der Waals surface area contributed by atoms with Crippen LogP contribution in [0.5, 0.6) is 0 Å².